The molecule has 0 bridgehead atoms. The van der Waals surface area contributed by atoms with Gasteiger partial charge in [0.2, 0.25) is 5.91 Å². The van der Waals surface area contributed by atoms with Gasteiger partial charge in [-0.2, -0.15) is 0 Å². The lowest BCUT2D eigenvalue weighted by atomic mass is 9.89. The monoisotopic (exact) mass is 428 g/mol. The largest absolute Gasteiger partial charge is 0.497 e. The molecule has 0 fully saturated rings. The van der Waals surface area contributed by atoms with Crippen LogP contribution in [0.2, 0.25) is 0 Å². The van der Waals surface area contributed by atoms with E-state index in [9.17, 15) is 9.59 Å². The van der Waals surface area contributed by atoms with Crippen molar-refractivity contribution in [1.82, 2.24) is 0 Å². The van der Waals surface area contributed by atoms with Crippen molar-refractivity contribution in [3.63, 3.8) is 0 Å². The average molecular weight is 429 g/mol. The SMILES string of the molecule is CCC(=O)N(c1ccccc1)C1CC(C)N(C(=O)c2cccc(OC)c2)c2ccccc21. The van der Waals surface area contributed by atoms with E-state index in [0.29, 0.717) is 24.2 Å². The smallest absolute Gasteiger partial charge is 0.258 e. The summed E-state index contributed by atoms with van der Waals surface area (Å²) in [5.74, 6) is 0.640. The Morgan fingerprint density at radius 1 is 1.00 bits per heavy atom. The van der Waals surface area contributed by atoms with E-state index in [1.165, 1.54) is 0 Å². The summed E-state index contributed by atoms with van der Waals surface area (Å²) >= 11 is 0. The third-order valence-electron chi connectivity index (χ3n) is 6.01. The van der Waals surface area contributed by atoms with Crippen molar-refractivity contribution in [2.45, 2.75) is 38.8 Å². The average Bonchev–Trinajstić information content (AvgIpc) is 2.84. The van der Waals surface area contributed by atoms with Gasteiger partial charge < -0.3 is 14.5 Å². The van der Waals surface area contributed by atoms with Crippen molar-refractivity contribution in [2.24, 2.45) is 0 Å². The third kappa shape index (κ3) is 3.98. The molecular weight excluding hydrogens is 400 g/mol. The fourth-order valence-corrected chi connectivity index (χ4v) is 4.49. The van der Waals surface area contributed by atoms with Crippen LogP contribution in [0.4, 0.5) is 11.4 Å². The molecule has 32 heavy (non-hydrogen) atoms. The Bertz CT molecular complexity index is 1110. The summed E-state index contributed by atoms with van der Waals surface area (Å²) in [6.45, 7) is 3.93. The van der Waals surface area contributed by atoms with Gasteiger partial charge in [-0.15, -0.1) is 0 Å². The summed E-state index contributed by atoms with van der Waals surface area (Å²) in [4.78, 5) is 30.4. The van der Waals surface area contributed by atoms with E-state index in [4.69, 9.17) is 4.74 Å². The molecule has 4 rings (SSSR count). The van der Waals surface area contributed by atoms with Crippen LogP contribution in [0.15, 0.2) is 78.9 Å². The van der Waals surface area contributed by atoms with Crippen LogP contribution in [-0.4, -0.2) is 25.0 Å². The Balaban J connectivity index is 1.78. The summed E-state index contributed by atoms with van der Waals surface area (Å²) in [5, 5.41) is 0. The van der Waals surface area contributed by atoms with Crippen molar-refractivity contribution in [2.75, 3.05) is 16.9 Å². The van der Waals surface area contributed by atoms with Gasteiger partial charge in [-0.05, 0) is 55.3 Å². The number of hydrogen-bond acceptors (Lipinski definition) is 3. The van der Waals surface area contributed by atoms with Crippen molar-refractivity contribution >= 4 is 23.2 Å². The van der Waals surface area contributed by atoms with Gasteiger partial charge in [-0.1, -0.05) is 49.4 Å². The topological polar surface area (TPSA) is 49.9 Å². The third-order valence-corrected chi connectivity index (χ3v) is 6.01. The van der Waals surface area contributed by atoms with Gasteiger partial charge in [0, 0.05) is 29.4 Å². The van der Waals surface area contributed by atoms with E-state index >= 15 is 0 Å². The lowest BCUT2D eigenvalue weighted by Crippen LogP contribution is -2.47. The number of anilines is 2. The maximum absolute atomic E-state index is 13.6. The Hall–Kier alpha value is -3.60. The fraction of sp³-hybridized carbons (Fsp3) is 0.259. The Kier molecular flexibility index (Phi) is 6.26. The minimum atomic E-state index is -0.148. The van der Waals surface area contributed by atoms with Crippen LogP contribution in [0.5, 0.6) is 5.75 Å². The Morgan fingerprint density at radius 3 is 2.44 bits per heavy atom. The summed E-state index contributed by atoms with van der Waals surface area (Å²) in [6.07, 6.45) is 1.06. The number of amides is 2. The van der Waals surface area contributed by atoms with E-state index in [0.717, 1.165) is 16.9 Å². The van der Waals surface area contributed by atoms with Gasteiger partial charge in [0.25, 0.3) is 5.91 Å². The van der Waals surface area contributed by atoms with Crippen LogP contribution in [0, 0.1) is 0 Å². The highest BCUT2D eigenvalue weighted by Gasteiger charge is 2.38. The molecule has 2 atom stereocenters. The molecule has 5 nitrogen and oxygen atoms in total. The number of ether oxygens (including phenoxy) is 1. The molecule has 3 aromatic rings. The van der Waals surface area contributed by atoms with E-state index < -0.39 is 0 Å². The molecule has 0 aliphatic carbocycles. The van der Waals surface area contributed by atoms with Gasteiger partial charge in [0.15, 0.2) is 0 Å². The number of rotatable bonds is 5. The Labute approximate surface area is 189 Å². The van der Waals surface area contributed by atoms with E-state index in [1.807, 2.05) is 96.4 Å². The molecule has 0 radical (unpaired) electrons. The van der Waals surface area contributed by atoms with Crippen molar-refractivity contribution in [1.29, 1.82) is 0 Å². The van der Waals surface area contributed by atoms with Gasteiger partial charge in [0.05, 0.1) is 13.2 Å². The van der Waals surface area contributed by atoms with Gasteiger partial charge in [-0.3, -0.25) is 9.59 Å². The minimum absolute atomic E-state index is 0.0655. The standard InChI is InChI=1S/C27H28N2O3/c1-4-26(30)29(21-12-6-5-7-13-21)25-17-19(2)28(24-16-9-8-15-23(24)25)27(31)20-11-10-14-22(18-20)32-3/h5-16,18-19,25H,4,17H2,1-3H3. The molecule has 2 amide bonds. The molecule has 0 aromatic heterocycles. The fourth-order valence-electron chi connectivity index (χ4n) is 4.49. The molecule has 1 heterocycles. The molecule has 2 unspecified atom stereocenters. The normalized spacial score (nSPS) is 17.4. The maximum Gasteiger partial charge on any atom is 0.258 e. The Morgan fingerprint density at radius 2 is 1.72 bits per heavy atom. The van der Waals surface area contributed by atoms with Gasteiger partial charge in [-0.25, -0.2) is 0 Å². The first-order chi connectivity index (χ1) is 15.5. The predicted octanol–water partition coefficient (Wildman–Crippen LogP) is 5.62. The zero-order valence-electron chi connectivity index (χ0n) is 18.7. The molecule has 0 saturated heterocycles. The first-order valence-electron chi connectivity index (χ1n) is 11.0. The molecule has 3 aromatic carbocycles. The van der Waals surface area contributed by atoms with E-state index in [1.54, 1.807) is 13.2 Å². The predicted molar refractivity (Wildman–Crippen MR) is 127 cm³/mol. The highest BCUT2D eigenvalue weighted by Crippen LogP contribution is 2.43. The molecule has 1 aliphatic rings. The van der Waals surface area contributed by atoms with Crippen molar-refractivity contribution < 1.29 is 14.3 Å². The summed E-state index contributed by atoms with van der Waals surface area (Å²) < 4.78 is 5.31. The second kappa shape index (κ2) is 9.27. The van der Waals surface area contributed by atoms with Crippen LogP contribution in [0.3, 0.4) is 0 Å². The van der Waals surface area contributed by atoms with Crippen LogP contribution < -0.4 is 14.5 Å². The highest BCUT2D eigenvalue weighted by molar-refractivity contribution is 6.08. The second-order valence-electron chi connectivity index (χ2n) is 8.02. The first kappa shape index (κ1) is 21.6. The van der Waals surface area contributed by atoms with Crippen molar-refractivity contribution in [3.8, 4) is 5.75 Å². The molecule has 0 spiro atoms. The number of hydrogen-bond donors (Lipinski definition) is 0. The number of carbonyl (C=O) groups excluding carboxylic acids is 2. The molecule has 1 aliphatic heterocycles. The number of para-hydroxylation sites is 2. The molecule has 5 heteroatoms. The van der Waals surface area contributed by atoms with E-state index in [2.05, 4.69) is 0 Å². The molecular formula is C27H28N2O3. The molecule has 0 N–H and O–H groups in total. The number of carbonyl (C=O) groups is 2. The zero-order valence-corrected chi connectivity index (χ0v) is 18.7. The summed E-state index contributed by atoms with van der Waals surface area (Å²) in [7, 11) is 1.59. The summed E-state index contributed by atoms with van der Waals surface area (Å²) in [6, 6.07) is 24.7. The number of methoxy groups -OCH3 is 1. The van der Waals surface area contributed by atoms with Crippen LogP contribution in [0.25, 0.3) is 0 Å². The van der Waals surface area contributed by atoms with Crippen LogP contribution in [0.1, 0.15) is 48.7 Å². The van der Waals surface area contributed by atoms with E-state index in [-0.39, 0.29) is 23.9 Å². The van der Waals surface area contributed by atoms with Crippen LogP contribution >= 0.6 is 0 Å². The minimum Gasteiger partial charge on any atom is -0.497 e. The lowest BCUT2D eigenvalue weighted by molar-refractivity contribution is -0.118. The quantitative estimate of drug-likeness (QED) is 0.530. The highest BCUT2D eigenvalue weighted by atomic mass is 16.5. The van der Waals surface area contributed by atoms with Crippen molar-refractivity contribution in [3.05, 3.63) is 90.0 Å². The molecule has 164 valence electrons. The molecule has 0 saturated carbocycles. The number of nitrogens with zero attached hydrogens (tertiary/aromatic N) is 2. The number of fused-ring (bicyclic) bond motifs is 1. The summed E-state index contributed by atoms with van der Waals surface area (Å²) in [5.41, 5.74) is 3.27. The lowest BCUT2D eigenvalue weighted by Gasteiger charge is -2.43. The maximum atomic E-state index is 13.6. The first-order valence-corrected chi connectivity index (χ1v) is 11.0. The van der Waals surface area contributed by atoms with Gasteiger partial charge >= 0.3 is 0 Å². The van der Waals surface area contributed by atoms with Gasteiger partial charge in [0.1, 0.15) is 5.75 Å². The number of benzene rings is 3. The zero-order chi connectivity index (χ0) is 22.7. The van der Waals surface area contributed by atoms with Crippen LogP contribution in [-0.2, 0) is 4.79 Å². The second-order valence-corrected chi connectivity index (χ2v) is 8.02.